The fraction of sp³-hybridized carbons (Fsp3) is 0.636. The topological polar surface area (TPSA) is 86.8 Å². The third-order valence-electron chi connectivity index (χ3n) is 6.75. The predicted octanol–water partition coefficient (Wildman–Crippen LogP) is 1.70. The highest BCUT2D eigenvalue weighted by Gasteiger charge is 2.37. The average molecular weight is 434 g/mol. The molecule has 0 bridgehead atoms. The standard InChI is InChI=1S/C22H31N3O4S/c1-16(26)23-21(18-5-2-3-6-18)22(27)24-11-13-25(14-12-24)30(28,29)20-10-9-17-7-4-8-19(17)15-20/h9-10,15,18,21H,2-8,11-14H2,1H3,(H,23,26). The van der Waals surface area contributed by atoms with Crippen molar-refractivity contribution in [1.29, 1.82) is 0 Å². The number of amides is 2. The molecular formula is C22H31N3O4S. The molecule has 3 aliphatic rings. The third-order valence-corrected chi connectivity index (χ3v) is 8.65. The molecular weight excluding hydrogens is 402 g/mol. The minimum Gasteiger partial charge on any atom is -0.344 e. The van der Waals surface area contributed by atoms with Crippen molar-refractivity contribution in [3.8, 4) is 0 Å². The first-order chi connectivity index (χ1) is 14.4. The zero-order valence-corrected chi connectivity index (χ0v) is 18.4. The second-order valence-corrected chi connectivity index (χ2v) is 10.7. The summed E-state index contributed by atoms with van der Waals surface area (Å²) in [6, 6.07) is 4.98. The zero-order valence-electron chi connectivity index (χ0n) is 17.6. The third kappa shape index (κ3) is 4.25. The largest absolute Gasteiger partial charge is 0.344 e. The van der Waals surface area contributed by atoms with Gasteiger partial charge < -0.3 is 10.2 Å². The van der Waals surface area contributed by atoms with E-state index in [1.165, 1.54) is 16.8 Å². The lowest BCUT2D eigenvalue weighted by molar-refractivity contribution is -0.138. The number of nitrogens with zero attached hydrogens (tertiary/aromatic N) is 2. The van der Waals surface area contributed by atoms with Crippen LogP contribution in [0.3, 0.4) is 0 Å². The van der Waals surface area contributed by atoms with Crippen LogP contribution in [0.25, 0.3) is 0 Å². The number of fused-ring (bicyclic) bond motifs is 1. The van der Waals surface area contributed by atoms with Crippen molar-refractivity contribution in [2.75, 3.05) is 26.2 Å². The highest BCUT2D eigenvalue weighted by Crippen LogP contribution is 2.30. The van der Waals surface area contributed by atoms with Crippen molar-refractivity contribution in [1.82, 2.24) is 14.5 Å². The molecule has 30 heavy (non-hydrogen) atoms. The number of carbonyl (C=O) groups excluding carboxylic acids is 2. The Bertz CT molecular complexity index is 916. The van der Waals surface area contributed by atoms with Crippen molar-refractivity contribution < 1.29 is 18.0 Å². The molecule has 1 saturated heterocycles. The monoisotopic (exact) mass is 433 g/mol. The maximum Gasteiger partial charge on any atom is 0.245 e. The fourth-order valence-corrected chi connectivity index (χ4v) is 6.57. The van der Waals surface area contributed by atoms with E-state index >= 15 is 0 Å². The summed E-state index contributed by atoms with van der Waals surface area (Å²) >= 11 is 0. The first-order valence-corrected chi connectivity index (χ1v) is 12.5. The van der Waals surface area contributed by atoms with Gasteiger partial charge in [0.2, 0.25) is 21.8 Å². The summed E-state index contributed by atoms with van der Waals surface area (Å²) in [4.78, 5) is 26.8. The van der Waals surface area contributed by atoms with Gasteiger partial charge in [0.25, 0.3) is 0 Å². The summed E-state index contributed by atoms with van der Waals surface area (Å²) in [5, 5.41) is 2.85. The Morgan fingerprint density at radius 2 is 1.67 bits per heavy atom. The maximum absolute atomic E-state index is 13.1. The Balaban J connectivity index is 1.42. The smallest absolute Gasteiger partial charge is 0.245 e. The molecule has 8 heteroatoms. The van der Waals surface area contributed by atoms with Crippen LogP contribution in [0.15, 0.2) is 23.1 Å². The van der Waals surface area contributed by atoms with Gasteiger partial charge in [-0.2, -0.15) is 4.31 Å². The van der Waals surface area contributed by atoms with Gasteiger partial charge in [0.1, 0.15) is 6.04 Å². The zero-order chi connectivity index (χ0) is 21.3. The van der Waals surface area contributed by atoms with E-state index in [0.29, 0.717) is 18.0 Å². The lowest BCUT2D eigenvalue weighted by atomic mass is 9.96. The molecule has 2 aliphatic carbocycles. The van der Waals surface area contributed by atoms with Crippen LogP contribution in [0, 0.1) is 5.92 Å². The van der Waals surface area contributed by atoms with E-state index in [1.54, 1.807) is 11.0 Å². The maximum atomic E-state index is 13.1. The number of hydrogen-bond acceptors (Lipinski definition) is 4. The quantitative estimate of drug-likeness (QED) is 0.766. The number of nitrogens with one attached hydrogen (secondary N) is 1. The van der Waals surface area contributed by atoms with E-state index in [9.17, 15) is 18.0 Å². The predicted molar refractivity (Wildman–Crippen MR) is 113 cm³/mol. The molecule has 1 aliphatic heterocycles. The molecule has 7 nitrogen and oxygen atoms in total. The molecule has 0 radical (unpaired) electrons. The molecule has 4 rings (SSSR count). The molecule has 2 fully saturated rings. The molecule has 1 heterocycles. The van der Waals surface area contributed by atoms with Gasteiger partial charge in [0.15, 0.2) is 0 Å². The van der Waals surface area contributed by atoms with E-state index in [4.69, 9.17) is 0 Å². The van der Waals surface area contributed by atoms with Crippen molar-refractivity contribution in [3.05, 3.63) is 29.3 Å². The van der Waals surface area contributed by atoms with E-state index in [0.717, 1.165) is 50.5 Å². The van der Waals surface area contributed by atoms with E-state index in [1.807, 2.05) is 12.1 Å². The van der Waals surface area contributed by atoms with Crippen LogP contribution in [0.4, 0.5) is 0 Å². The summed E-state index contributed by atoms with van der Waals surface area (Å²) in [5.74, 6) is -0.0978. The highest BCUT2D eigenvalue weighted by molar-refractivity contribution is 7.89. The summed E-state index contributed by atoms with van der Waals surface area (Å²) in [7, 11) is -3.56. The summed E-state index contributed by atoms with van der Waals surface area (Å²) in [5.41, 5.74) is 2.39. The van der Waals surface area contributed by atoms with E-state index in [2.05, 4.69) is 5.32 Å². The number of rotatable bonds is 5. The van der Waals surface area contributed by atoms with Crippen molar-refractivity contribution >= 4 is 21.8 Å². The number of benzene rings is 1. The van der Waals surface area contributed by atoms with Gasteiger partial charge in [-0.3, -0.25) is 9.59 Å². The van der Waals surface area contributed by atoms with Crippen LogP contribution in [-0.4, -0.2) is 61.7 Å². The van der Waals surface area contributed by atoms with Gasteiger partial charge in [-0.1, -0.05) is 18.9 Å². The lowest BCUT2D eigenvalue weighted by Crippen LogP contribution is -2.57. The second-order valence-electron chi connectivity index (χ2n) is 8.74. The minimum atomic E-state index is -3.56. The summed E-state index contributed by atoms with van der Waals surface area (Å²) < 4.78 is 27.7. The molecule has 0 spiro atoms. The van der Waals surface area contributed by atoms with Gasteiger partial charge in [0.05, 0.1) is 4.90 Å². The number of carbonyl (C=O) groups is 2. The Morgan fingerprint density at radius 1 is 1.00 bits per heavy atom. The number of aryl methyl sites for hydroxylation is 2. The van der Waals surface area contributed by atoms with Crippen LogP contribution in [-0.2, 0) is 32.5 Å². The SMILES string of the molecule is CC(=O)NC(C(=O)N1CCN(S(=O)(=O)c2ccc3c(c2)CCC3)CC1)C1CCCC1. The number of sulfonamides is 1. The Labute approximate surface area is 178 Å². The molecule has 1 N–H and O–H groups in total. The Morgan fingerprint density at radius 3 is 2.33 bits per heavy atom. The molecule has 1 aromatic rings. The molecule has 1 aromatic carbocycles. The Hall–Kier alpha value is -1.93. The van der Waals surface area contributed by atoms with Gasteiger partial charge in [-0.25, -0.2) is 8.42 Å². The van der Waals surface area contributed by atoms with Crippen LogP contribution < -0.4 is 5.32 Å². The van der Waals surface area contributed by atoms with Crippen molar-refractivity contribution in [3.63, 3.8) is 0 Å². The van der Waals surface area contributed by atoms with Gasteiger partial charge in [0, 0.05) is 33.1 Å². The Kier molecular flexibility index (Phi) is 6.16. The normalized spacial score (nSPS) is 21.4. The number of piperazine rings is 1. The van der Waals surface area contributed by atoms with E-state index in [-0.39, 0.29) is 30.8 Å². The molecule has 164 valence electrons. The van der Waals surface area contributed by atoms with Crippen LogP contribution >= 0.6 is 0 Å². The van der Waals surface area contributed by atoms with Crippen molar-refractivity contribution in [2.45, 2.75) is 62.8 Å². The van der Waals surface area contributed by atoms with Crippen LogP contribution in [0.1, 0.15) is 50.2 Å². The minimum absolute atomic E-state index is 0.0771. The molecule has 2 amide bonds. The highest BCUT2D eigenvalue weighted by atomic mass is 32.2. The summed E-state index contributed by atoms with van der Waals surface area (Å²) in [6.07, 6.45) is 7.10. The van der Waals surface area contributed by atoms with Crippen LogP contribution in [0.2, 0.25) is 0 Å². The van der Waals surface area contributed by atoms with Gasteiger partial charge in [-0.05, 0) is 61.3 Å². The number of hydrogen-bond donors (Lipinski definition) is 1. The van der Waals surface area contributed by atoms with Crippen LogP contribution in [0.5, 0.6) is 0 Å². The van der Waals surface area contributed by atoms with Gasteiger partial charge in [-0.15, -0.1) is 0 Å². The lowest BCUT2D eigenvalue weighted by Gasteiger charge is -2.37. The fourth-order valence-electron chi connectivity index (χ4n) is 5.09. The van der Waals surface area contributed by atoms with E-state index < -0.39 is 16.1 Å². The summed E-state index contributed by atoms with van der Waals surface area (Å²) in [6.45, 7) is 2.71. The second kappa shape index (κ2) is 8.67. The first-order valence-electron chi connectivity index (χ1n) is 11.0. The van der Waals surface area contributed by atoms with Crippen molar-refractivity contribution in [2.24, 2.45) is 5.92 Å². The average Bonchev–Trinajstić information content (AvgIpc) is 3.42. The molecule has 1 atom stereocenters. The van der Waals surface area contributed by atoms with Gasteiger partial charge >= 0.3 is 0 Å². The molecule has 1 saturated carbocycles. The molecule has 0 aromatic heterocycles. The first kappa shape index (κ1) is 21.3. The molecule has 1 unspecified atom stereocenters.